The van der Waals surface area contributed by atoms with Crippen LogP contribution in [0, 0.1) is 0 Å². The zero-order valence-corrected chi connectivity index (χ0v) is 7.65. The molecule has 0 saturated heterocycles. The Morgan fingerprint density at radius 3 is 0.455 bits per heavy atom. The summed E-state index contributed by atoms with van der Waals surface area (Å²) >= 11 is 0. The molecule has 0 fully saturated rings. The van der Waals surface area contributed by atoms with E-state index in [1.54, 1.807) is 0 Å². The van der Waals surface area contributed by atoms with Crippen LogP contribution in [-0.2, 0) is 0 Å². The Bertz CT molecular complexity index is 20.5. The van der Waals surface area contributed by atoms with Crippen LogP contribution in [0.2, 0.25) is 0 Å². The number of hydrogen-bond acceptors (Lipinski definition) is 6. The summed E-state index contributed by atoms with van der Waals surface area (Å²) in [7, 11) is -1.50. The van der Waals surface area contributed by atoms with Gasteiger partial charge in [-0.15, -0.1) is 0 Å². The van der Waals surface area contributed by atoms with Gasteiger partial charge in [0.15, 0.2) is 0 Å². The van der Waals surface area contributed by atoms with Crippen LogP contribution in [-0.4, -0.2) is 57.8 Å². The number of rotatable bonds is 0. The molecule has 11 heteroatoms. The van der Waals surface area contributed by atoms with Gasteiger partial charge in [0.2, 0.25) is 0 Å². The molecule has 51 valence electrons. The van der Waals surface area contributed by atoms with E-state index >= 15 is 0 Å². The van der Waals surface area contributed by atoms with Gasteiger partial charge >= 0.3 is 34.7 Å². The van der Waals surface area contributed by atoms with E-state index in [1.807, 2.05) is 0 Å². The molecule has 0 rings (SSSR count). The summed E-state index contributed by atoms with van der Waals surface area (Å²) in [5.41, 5.74) is 0. The van der Waals surface area contributed by atoms with E-state index in [4.69, 9.17) is 30.1 Å². The second-order valence-corrected chi connectivity index (χ2v) is 0.289. The summed E-state index contributed by atoms with van der Waals surface area (Å²) < 4.78 is 0. The van der Waals surface area contributed by atoms with Crippen molar-refractivity contribution >= 4 is 57.8 Å². The minimum Gasteiger partial charge on any atom is -0.900 e. The maximum atomic E-state index is 8.25. The fraction of sp³-hybridized carbons (Fsp3) is 0. The van der Waals surface area contributed by atoms with Crippen molar-refractivity contribution in [2.45, 2.75) is 0 Å². The Balaban J connectivity index is -0.0000000150. The molecule has 0 bridgehead atoms. The van der Waals surface area contributed by atoms with Crippen molar-refractivity contribution in [2.24, 2.45) is 0 Å². The van der Waals surface area contributed by atoms with Crippen LogP contribution < -0.4 is 30.1 Å². The SMILES string of the molecule is [Al+3].[Al+3].[O-][B][O-].[O-][B][O-].[O-][B][O-]. The quantitative estimate of drug-likeness (QED) is 0.341. The largest absolute Gasteiger partial charge is 3.00 e. The average molecular weight is 182 g/mol. The molecular weight excluding hydrogens is 182 g/mol. The van der Waals surface area contributed by atoms with Crippen molar-refractivity contribution in [2.75, 3.05) is 0 Å². The first-order chi connectivity index (χ1) is 4.24. The van der Waals surface area contributed by atoms with E-state index in [1.165, 1.54) is 0 Å². The van der Waals surface area contributed by atoms with Gasteiger partial charge in [-0.25, -0.2) is 23.1 Å². The van der Waals surface area contributed by atoms with Crippen molar-refractivity contribution < 1.29 is 30.1 Å². The smallest absolute Gasteiger partial charge is 0.900 e. The zero-order chi connectivity index (χ0) is 8.12. The van der Waals surface area contributed by atoms with Crippen LogP contribution in [0.5, 0.6) is 0 Å². The summed E-state index contributed by atoms with van der Waals surface area (Å²) in [5, 5.41) is 49.5. The molecule has 0 N–H and O–H groups in total. The van der Waals surface area contributed by atoms with Crippen LogP contribution in [0.3, 0.4) is 0 Å². The first-order valence-electron chi connectivity index (χ1n) is 1.41. The van der Waals surface area contributed by atoms with Gasteiger partial charge in [0.1, 0.15) is 0 Å². The Kier molecular flexibility index (Phi) is 184. The van der Waals surface area contributed by atoms with Crippen LogP contribution >= 0.6 is 0 Å². The monoisotopic (exact) mass is 183 g/mol. The zero-order valence-electron chi connectivity index (χ0n) is 5.34. The molecular formula is Al2B3O6. The average Bonchev–Trinajstić information content (AvgIpc) is 1.70. The summed E-state index contributed by atoms with van der Waals surface area (Å²) in [6.45, 7) is 0. The maximum Gasteiger partial charge on any atom is 3.00 e. The van der Waals surface area contributed by atoms with Gasteiger partial charge in [0.05, 0.1) is 0 Å². The first-order valence-corrected chi connectivity index (χ1v) is 1.41. The van der Waals surface area contributed by atoms with Gasteiger partial charge in [-0.3, -0.25) is 0 Å². The normalized spacial score (nSPS) is 3.82. The van der Waals surface area contributed by atoms with Crippen molar-refractivity contribution in [3.05, 3.63) is 0 Å². The molecule has 0 unspecified atom stereocenters. The molecule has 0 aliphatic heterocycles. The summed E-state index contributed by atoms with van der Waals surface area (Å²) in [6, 6.07) is 0. The van der Waals surface area contributed by atoms with Crippen LogP contribution in [0.25, 0.3) is 0 Å². The molecule has 11 heavy (non-hydrogen) atoms. The van der Waals surface area contributed by atoms with Crippen LogP contribution in [0.15, 0.2) is 0 Å². The van der Waals surface area contributed by atoms with E-state index < -0.39 is 23.1 Å². The Labute approximate surface area is 88.1 Å². The van der Waals surface area contributed by atoms with E-state index in [0.717, 1.165) is 0 Å². The van der Waals surface area contributed by atoms with Gasteiger partial charge in [0.25, 0.3) is 0 Å². The van der Waals surface area contributed by atoms with E-state index in [0.29, 0.717) is 0 Å². The van der Waals surface area contributed by atoms with Crippen LogP contribution in [0.4, 0.5) is 0 Å². The summed E-state index contributed by atoms with van der Waals surface area (Å²) in [4.78, 5) is 0. The van der Waals surface area contributed by atoms with Crippen molar-refractivity contribution in [3.63, 3.8) is 0 Å². The Hall–Kier alpha value is 1.02. The molecule has 6 nitrogen and oxygen atoms in total. The topological polar surface area (TPSA) is 138 Å². The first kappa shape index (κ1) is 29.6. The second-order valence-electron chi connectivity index (χ2n) is 0.289. The summed E-state index contributed by atoms with van der Waals surface area (Å²) in [6.07, 6.45) is 0. The van der Waals surface area contributed by atoms with Gasteiger partial charge < -0.3 is 30.1 Å². The van der Waals surface area contributed by atoms with Gasteiger partial charge in [-0.1, -0.05) is 0 Å². The molecule has 0 aromatic rings. The molecule has 0 spiro atoms. The third-order valence-electron chi connectivity index (χ3n) is 0. The summed E-state index contributed by atoms with van der Waals surface area (Å²) in [5.74, 6) is 0. The fourth-order valence-corrected chi connectivity index (χ4v) is 0. The van der Waals surface area contributed by atoms with Crippen molar-refractivity contribution in [1.82, 2.24) is 0 Å². The molecule has 0 saturated carbocycles. The van der Waals surface area contributed by atoms with Crippen molar-refractivity contribution in [3.8, 4) is 0 Å². The fourth-order valence-electron chi connectivity index (χ4n) is 0. The predicted molar refractivity (Wildman–Crippen MR) is 28.8 cm³/mol. The molecule has 0 heterocycles. The Morgan fingerprint density at radius 1 is 0.455 bits per heavy atom. The predicted octanol–water partition coefficient (Wildman–Crippen LogP) is -9.04. The number of hydrogen-bond donors (Lipinski definition) is 0. The standard InChI is InChI=1S/2Al.3BO2/c;;3*2-1-3/q2*+3;3*-2. The minimum atomic E-state index is -0.500. The van der Waals surface area contributed by atoms with E-state index in [2.05, 4.69) is 0 Å². The minimum absolute atomic E-state index is 0. The van der Waals surface area contributed by atoms with E-state index in [9.17, 15) is 0 Å². The molecule has 0 aliphatic rings. The van der Waals surface area contributed by atoms with E-state index in [-0.39, 0.29) is 34.7 Å². The van der Waals surface area contributed by atoms with Gasteiger partial charge in [-0.2, -0.15) is 0 Å². The molecule has 0 amide bonds. The van der Waals surface area contributed by atoms with Gasteiger partial charge in [-0.05, 0) is 0 Å². The third-order valence-corrected chi connectivity index (χ3v) is 0. The molecule has 0 atom stereocenters. The van der Waals surface area contributed by atoms with Crippen LogP contribution in [0.1, 0.15) is 0 Å². The Morgan fingerprint density at radius 2 is 0.455 bits per heavy atom. The molecule has 0 aliphatic carbocycles. The third kappa shape index (κ3) is 862. The molecule has 3 radical (unpaired) electrons. The van der Waals surface area contributed by atoms with Gasteiger partial charge in [0, 0.05) is 0 Å². The van der Waals surface area contributed by atoms with Crippen molar-refractivity contribution in [1.29, 1.82) is 0 Å². The maximum absolute atomic E-state index is 8.25. The second kappa shape index (κ2) is 68.5. The molecule has 0 aromatic heterocycles. The molecule has 0 aromatic carbocycles.